The molecule has 2 aromatic heterocycles. The highest BCUT2D eigenvalue weighted by molar-refractivity contribution is 7.99. The van der Waals surface area contributed by atoms with E-state index in [0.29, 0.717) is 11.7 Å². The first-order valence-corrected chi connectivity index (χ1v) is 13.5. The van der Waals surface area contributed by atoms with Crippen molar-refractivity contribution in [2.24, 2.45) is 0 Å². The van der Waals surface area contributed by atoms with Crippen LogP contribution in [0.2, 0.25) is 0 Å². The fourth-order valence-electron chi connectivity index (χ4n) is 4.19. The smallest absolute Gasteiger partial charge is 0.275 e. The molecule has 1 amide bonds. The summed E-state index contributed by atoms with van der Waals surface area (Å²) in [4.78, 5) is 31.4. The largest absolute Gasteiger partial charge is 0.373 e. The number of carbonyl (C=O) groups is 1. The molecule has 2 heterocycles. The Morgan fingerprint density at radius 2 is 1.94 bits per heavy atom. The standard InChI is InChI=1S/C26H29BFN4O2PS/c1-4-32-23(29-3)20(13-19(25(32)34)26(27,28)35)31-24(33)22-21(36-5-2)12-18(14-30-22)17-10-8-16(9-11-17)15-6-7-15/h8-15,29H,4-7,35H2,1-3H3,(H,31,33). The van der Waals surface area contributed by atoms with Crippen molar-refractivity contribution in [3.05, 3.63) is 69.8 Å². The molecule has 3 aromatic rings. The lowest BCUT2D eigenvalue weighted by molar-refractivity contribution is 0.101. The van der Waals surface area contributed by atoms with E-state index in [2.05, 4.69) is 39.9 Å². The monoisotopic (exact) mass is 522 g/mol. The highest BCUT2D eigenvalue weighted by atomic mass is 32.2. The van der Waals surface area contributed by atoms with E-state index in [0.717, 1.165) is 21.8 Å². The number of nitrogens with zero attached hydrogens (tertiary/aromatic N) is 2. The third-order valence-corrected chi connectivity index (χ3v) is 7.39. The summed E-state index contributed by atoms with van der Waals surface area (Å²) >= 11 is 1.52. The van der Waals surface area contributed by atoms with Gasteiger partial charge in [-0.3, -0.25) is 14.2 Å². The summed E-state index contributed by atoms with van der Waals surface area (Å²) in [5, 5.41) is 3.29. The molecule has 10 heteroatoms. The molecule has 2 radical (unpaired) electrons. The summed E-state index contributed by atoms with van der Waals surface area (Å²) in [5.41, 5.74) is 2.97. The van der Waals surface area contributed by atoms with Crippen LogP contribution in [0.15, 0.2) is 52.3 Å². The lowest BCUT2D eigenvalue weighted by Crippen LogP contribution is -2.32. The van der Waals surface area contributed by atoms with Crippen molar-refractivity contribution in [2.45, 2.75) is 49.4 Å². The van der Waals surface area contributed by atoms with E-state index in [-0.39, 0.29) is 23.5 Å². The predicted molar refractivity (Wildman–Crippen MR) is 150 cm³/mol. The minimum Gasteiger partial charge on any atom is -0.373 e. The maximum atomic E-state index is 14.6. The maximum Gasteiger partial charge on any atom is 0.275 e. The van der Waals surface area contributed by atoms with Crippen LogP contribution in [-0.4, -0.2) is 36.1 Å². The number of benzene rings is 1. The molecule has 0 bridgehead atoms. The summed E-state index contributed by atoms with van der Waals surface area (Å²) in [6, 6.07) is 11.8. The molecule has 2 atom stereocenters. The Labute approximate surface area is 218 Å². The maximum absolute atomic E-state index is 14.6. The first-order chi connectivity index (χ1) is 17.2. The van der Waals surface area contributed by atoms with Gasteiger partial charge in [0.1, 0.15) is 24.7 Å². The first-order valence-electron chi connectivity index (χ1n) is 11.9. The highest BCUT2D eigenvalue weighted by Crippen LogP contribution is 2.40. The van der Waals surface area contributed by atoms with Gasteiger partial charge in [-0.05, 0) is 54.7 Å². The van der Waals surface area contributed by atoms with Crippen molar-refractivity contribution >= 4 is 46.3 Å². The Morgan fingerprint density at radius 1 is 1.25 bits per heavy atom. The van der Waals surface area contributed by atoms with E-state index in [4.69, 9.17) is 7.85 Å². The summed E-state index contributed by atoms with van der Waals surface area (Å²) in [5.74, 6) is 1.33. The number of thioether (sulfide) groups is 1. The van der Waals surface area contributed by atoms with Gasteiger partial charge in [0.05, 0.1) is 11.3 Å². The number of anilines is 2. The number of amides is 1. The van der Waals surface area contributed by atoms with E-state index in [1.165, 1.54) is 40.8 Å². The van der Waals surface area contributed by atoms with E-state index >= 15 is 0 Å². The molecular weight excluding hydrogens is 493 g/mol. The second-order valence-electron chi connectivity index (χ2n) is 8.74. The Bertz CT molecular complexity index is 1340. The van der Waals surface area contributed by atoms with E-state index < -0.39 is 16.8 Å². The number of hydrogen-bond donors (Lipinski definition) is 2. The molecule has 1 aliphatic carbocycles. The number of aromatic nitrogens is 2. The zero-order valence-corrected chi connectivity index (χ0v) is 22.6. The minimum atomic E-state index is -2.45. The van der Waals surface area contributed by atoms with Crippen molar-refractivity contribution in [2.75, 3.05) is 23.4 Å². The molecule has 1 fully saturated rings. The predicted octanol–water partition coefficient (Wildman–Crippen LogP) is 5.34. The molecule has 0 aliphatic heterocycles. The van der Waals surface area contributed by atoms with Crippen molar-refractivity contribution in [3.63, 3.8) is 0 Å². The van der Waals surface area contributed by atoms with Gasteiger partial charge in [0.2, 0.25) is 0 Å². The molecule has 0 saturated heterocycles. The molecule has 0 spiro atoms. The fraction of sp³-hybridized carbons (Fsp3) is 0.346. The third kappa shape index (κ3) is 5.52. The quantitative estimate of drug-likeness (QED) is 0.226. The molecule has 4 rings (SSSR count). The van der Waals surface area contributed by atoms with Crippen molar-refractivity contribution in [1.29, 1.82) is 0 Å². The van der Waals surface area contributed by atoms with Crippen LogP contribution in [-0.2, 0) is 11.9 Å². The van der Waals surface area contributed by atoms with Crippen LogP contribution in [0.3, 0.4) is 0 Å². The van der Waals surface area contributed by atoms with Gasteiger partial charge in [0, 0.05) is 30.2 Å². The number of carbonyl (C=O) groups excluding carboxylic acids is 1. The van der Waals surface area contributed by atoms with Gasteiger partial charge >= 0.3 is 0 Å². The van der Waals surface area contributed by atoms with Crippen LogP contribution >= 0.6 is 21.0 Å². The molecule has 1 aliphatic rings. The summed E-state index contributed by atoms with van der Waals surface area (Å²) in [6.45, 7) is 4.02. The number of rotatable bonds is 9. The van der Waals surface area contributed by atoms with Crippen LogP contribution in [0, 0.1) is 0 Å². The molecule has 186 valence electrons. The Kier molecular flexibility index (Phi) is 7.91. The zero-order chi connectivity index (χ0) is 26.0. The molecular formula is C26H29BFN4O2PS. The molecule has 2 N–H and O–H groups in total. The second kappa shape index (κ2) is 10.8. The average Bonchev–Trinajstić information content (AvgIpc) is 3.69. The fourth-order valence-corrected chi connectivity index (χ4v) is 5.20. The van der Waals surface area contributed by atoms with Crippen LogP contribution < -0.4 is 16.2 Å². The molecule has 6 nitrogen and oxygen atoms in total. The summed E-state index contributed by atoms with van der Waals surface area (Å²) in [7, 11) is 9.04. The van der Waals surface area contributed by atoms with Crippen LogP contribution in [0.25, 0.3) is 11.1 Å². The SMILES string of the molecule is [B]C(F)(P)c1cc(NC(=O)c2ncc(-c3ccc(C4CC4)cc3)cc2SCC)c(NC)n(CC)c1=O. The van der Waals surface area contributed by atoms with Crippen molar-refractivity contribution in [3.8, 4) is 11.1 Å². The lowest BCUT2D eigenvalue weighted by Gasteiger charge is -2.22. The van der Waals surface area contributed by atoms with Crippen molar-refractivity contribution < 1.29 is 9.18 Å². The van der Waals surface area contributed by atoms with Crippen LogP contribution in [0.1, 0.15) is 54.2 Å². The van der Waals surface area contributed by atoms with Gasteiger partial charge in [0.25, 0.3) is 11.5 Å². The Hall–Kier alpha value is -2.64. The summed E-state index contributed by atoms with van der Waals surface area (Å²) in [6.07, 6.45) is 4.19. The Balaban J connectivity index is 1.69. The molecule has 2 unspecified atom stereocenters. The normalized spacial score (nSPS) is 14.8. The zero-order valence-electron chi connectivity index (χ0n) is 20.6. The lowest BCUT2D eigenvalue weighted by atomic mass is 9.93. The average molecular weight is 522 g/mol. The minimum absolute atomic E-state index is 0.239. The molecule has 36 heavy (non-hydrogen) atoms. The number of halogens is 1. The van der Waals surface area contributed by atoms with Gasteiger partial charge in [0.15, 0.2) is 0 Å². The van der Waals surface area contributed by atoms with Gasteiger partial charge in [-0.1, -0.05) is 31.2 Å². The topological polar surface area (TPSA) is 76.0 Å². The number of alkyl halides is 1. The molecule has 1 saturated carbocycles. The van der Waals surface area contributed by atoms with Gasteiger partial charge in [-0.25, -0.2) is 9.37 Å². The highest BCUT2D eigenvalue weighted by Gasteiger charge is 2.27. The van der Waals surface area contributed by atoms with E-state index in [9.17, 15) is 14.0 Å². The third-order valence-electron chi connectivity index (χ3n) is 6.16. The van der Waals surface area contributed by atoms with Gasteiger partial charge in [-0.15, -0.1) is 21.0 Å². The van der Waals surface area contributed by atoms with Crippen LogP contribution in [0.5, 0.6) is 0 Å². The van der Waals surface area contributed by atoms with E-state index in [1.54, 1.807) is 20.2 Å². The summed E-state index contributed by atoms with van der Waals surface area (Å²) < 4.78 is 15.9. The number of nitrogens with one attached hydrogen (secondary N) is 2. The van der Waals surface area contributed by atoms with Crippen LogP contribution in [0.4, 0.5) is 15.9 Å². The van der Waals surface area contributed by atoms with Crippen molar-refractivity contribution in [1.82, 2.24) is 9.55 Å². The van der Waals surface area contributed by atoms with Gasteiger partial charge in [-0.2, -0.15) is 0 Å². The Morgan fingerprint density at radius 3 is 2.50 bits per heavy atom. The van der Waals surface area contributed by atoms with Gasteiger partial charge < -0.3 is 10.6 Å². The number of pyridine rings is 2. The second-order valence-corrected chi connectivity index (χ2v) is 10.9. The first kappa shape index (κ1) is 26.4. The van der Waals surface area contributed by atoms with E-state index in [1.807, 2.05) is 22.2 Å². The number of hydrogen-bond acceptors (Lipinski definition) is 5. The molecule has 1 aromatic carbocycles.